The van der Waals surface area contributed by atoms with Crippen LogP contribution in [0.5, 0.6) is 5.75 Å². The fourth-order valence-corrected chi connectivity index (χ4v) is 6.33. The molecule has 0 aromatic heterocycles. The number of halogens is 1. The highest BCUT2D eigenvalue weighted by Crippen LogP contribution is 2.32. The minimum Gasteiger partial charge on any atom is -0.495 e. The van der Waals surface area contributed by atoms with E-state index in [1.807, 2.05) is 12.1 Å². The third kappa shape index (κ3) is 4.59. The van der Waals surface area contributed by atoms with E-state index in [0.29, 0.717) is 31.7 Å². The third-order valence-electron chi connectivity index (χ3n) is 6.27. The Morgan fingerprint density at radius 3 is 2.58 bits per heavy atom. The van der Waals surface area contributed by atoms with Crippen molar-refractivity contribution in [2.45, 2.75) is 43.0 Å². The van der Waals surface area contributed by atoms with Crippen LogP contribution in [0.25, 0.3) is 0 Å². The first-order valence-corrected chi connectivity index (χ1v) is 12.4. The van der Waals surface area contributed by atoms with Gasteiger partial charge in [-0.1, -0.05) is 35.9 Å². The molecule has 1 heterocycles. The monoisotopic (exact) mass is 462 g/mol. The average Bonchev–Trinajstić information content (AvgIpc) is 2.79. The number of nitrogens with one attached hydrogen (secondary N) is 1. The number of rotatable bonds is 5. The summed E-state index contributed by atoms with van der Waals surface area (Å²) in [5.74, 6) is 0.270. The van der Waals surface area contributed by atoms with Crippen molar-refractivity contribution in [2.75, 3.05) is 20.2 Å². The van der Waals surface area contributed by atoms with Crippen LogP contribution in [-0.2, 0) is 21.2 Å². The number of carbonyl (C=O) groups is 1. The van der Waals surface area contributed by atoms with Gasteiger partial charge >= 0.3 is 0 Å². The van der Waals surface area contributed by atoms with E-state index in [1.54, 1.807) is 6.07 Å². The molecule has 0 radical (unpaired) electrons. The molecule has 1 atom stereocenters. The molecule has 166 valence electrons. The smallest absolute Gasteiger partial charge is 0.243 e. The van der Waals surface area contributed by atoms with Gasteiger partial charge in [0.15, 0.2) is 0 Å². The fourth-order valence-electron chi connectivity index (χ4n) is 4.51. The Kier molecular flexibility index (Phi) is 6.55. The second kappa shape index (κ2) is 9.18. The number of carbonyl (C=O) groups excluding carboxylic acids is 1. The molecule has 31 heavy (non-hydrogen) atoms. The second-order valence-electron chi connectivity index (χ2n) is 8.13. The average molecular weight is 463 g/mol. The van der Waals surface area contributed by atoms with Gasteiger partial charge in [-0.05, 0) is 61.4 Å². The molecule has 0 spiro atoms. The maximum atomic E-state index is 13.0. The lowest BCUT2D eigenvalue weighted by Crippen LogP contribution is -2.44. The molecule has 1 aliphatic heterocycles. The lowest BCUT2D eigenvalue weighted by atomic mass is 9.87. The topological polar surface area (TPSA) is 75.7 Å². The van der Waals surface area contributed by atoms with Crippen molar-refractivity contribution in [3.05, 3.63) is 58.6 Å². The van der Waals surface area contributed by atoms with Crippen molar-refractivity contribution in [3.63, 3.8) is 0 Å². The minimum absolute atomic E-state index is 0.0197. The molecule has 4 rings (SSSR count). The van der Waals surface area contributed by atoms with Crippen molar-refractivity contribution in [2.24, 2.45) is 5.92 Å². The van der Waals surface area contributed by atoms with Gasteiger partial charge in [-0.2, -0.15) is 4.31 Å². The van der Waals surface area contributed by atoms with Crippen LogP contribution >= 0.6 is 11.6 Å². The molecule has 0 unspecified atom stereocenters. The Bertz CT molecular complexity index is 1060. The molecule has 1 saturated heterocycles. The van der Waals surface area contributed by atoms with Crippen molar-refractivity contribution >= 4 is 27.5 Å². The Balaban J connectivity index is 1.38. The predicted octanol–water partition coefficient (Wildman–Crippen LogP) is 3.94. The van der Waals surface area contributed by atoms with Crippen LogP contribution in [0.15, 0.2) is 47.4 Å². The number of sulfonamides is 1. The van der Waals surface area contributed by atoms with Crippen molar-refractivity contribution in [3.8, 4) is 5.75 Å². The van der Waals surface area contributed by atoms with E-state index < -0.39 is 10.0 Å². The van der Waals surface area contributed by atoms with E-state index in [4.69, 9.17) is 16.3 Å². The summed E-state index contributed by atoms with van der Waals surface area (Å²) in [6.45, 7) is 0.622. The number of benzene rings is 2. The van der Waals surface area contributed by atoms with E-state index in [1.165, 1.54) is 34.7 Å². The number of hydrogen-bond donors (Lipinski definition) is 1. The van der Waals surface area contributed by atoms with Crippen LogP contribution in [-0.4, -0.2) is 38.8 Å². The lowest BCUT2D eigenvalue weighted by molar-refractivity contribution is -0.127. The standard InChI is InChI=1S/C23H27ClN2O4S/c1-30-22-10-9-18(15-20(22)24)31(28,29)26-13-11-17(12-14-26)23(27)25-21-8-4-6-16-5-2-3-7-19(16)21/h2-3,5,7,9-10,15,17,21H,4,6,8,11-14H2,1H3,(H,25,27)/t21-/m0/s1. The molecule has 2 aromatic rings. The van der Waals surface area contributed by atoms with Gasteiger partial charge in [-0.15, -0.1) is 0 Å². The predicted molar refractivity (Wildman–Crippen MR) is 120 cm³/mol. The zero-order chi connectivity index (χ0) is 22.0. The maximum Gasteiger partial charge on any atom is 0.243 e. The second-order valence-corrected chi connectivity index (χ2v) is 10.5. The van der Waals surface area contributed by atoms with Gasteiger partial charge < -0.3 is 10.1 Å². The van der Waals surface area contributed by atoms with Gasteiger partial charge in [0, 0.05) is 19.0 Å². The van der Waals surface area contributed by atoms with Gasteiger partial charge in [-0.3, -0.25) is 4.79 Å². The number of hydrogen-bond acceptors (Lipinski definition) is 4. The zero-order valence-electron chi connectivity index (χ0n) is 17.5. The molecule has 2 aromatic carbocycles. The number of ether oxygens (including phenoxy) is 1. The van der Waals surface area contributed by atoms with E-state index in [-0.39, 0.29) is 27.8 Å². The zero-order valence-corrected chi connectivity index (χ0v) is 19.1. The maximum absolute atomic E-state index is 13.0. The molecule has 1 amide bonds. The molecule has 6 nitrogen and oxygen atoms in total. The molecule has 1 N–H and O–H groups in total. The summed E-state index contributed by atoms with van der Waals surface area (Å²) in [5, 5.41) is 3.47. The highest BCUT2D eigenvalue weighted by molar-refractivity contribution is 7.89. The number of amides is 1. The molecule has 0 bridgehead atoms. The fraction of sp³-hybridized carbons (Fsp3) is 0.435. The van der Waals surface area contributed by atoms with Crippen LogP contribution in [0.3, 0.4) is 0 Å². The number of fused-ring (bicyclic) bond motifs is 1. The SMILES string of the molecule is COc1ccc(S(=O)(=O)N2CCC(C(=O)N[C@H]3CCCc4ccccc43)CC2)cc1Cl. The molecule has 2 aliphatic rings. The Morgan fingerprint density at radius 2 is 1.87 bits per heavy atom. The third-order valence-corrected chi connectivity index (χ3v) is 8.46. The van der Waals surface area contributed by atoms with Gasteiger partial charge in [0.2, 0.25) is 15.9 Å². The van der Waals surface area contributed by atoms with E-state index in [9.17, 15) is 13.2 Å². The van der Waals surface area contributed by atoms with E-state index >= 15 is 0 Å². The first kappa shape index (κ1) is 22.1. The normalized spacial score (nSPS) is 20.1. The lowest BCUT2D eigenvalue weighted by Gasteiger charge is -2.32. The molecular formula is C23H27ClN2O4S. The number of piperidine rings is 1. The summed E-state index contributed by atoms with van der Waals surface area (Å²) in [5.41, 5.74) is 2.51. The summed E-state index contributed by atoms with van der Waals surface area (Å²) in [4.78, 5) is 13.0. The van der Waals surface area contributed by atoms with Crippen molar-refractivity contribution < 1.29 is 17.9 Å². The molecular weight excluding hydrogens is 436 g/mol. The summed E-state index contributed by atoms with van der Waals surface area (Å²) in [6, 6.07) is 12.8. The van der Waals surface area contributed by atoms with Crippen LogP contribution in [0.2, 0.25) is 5.02 Å². The van der Waals surface area contributed by atoms with E-state index in [0.717, 1.165) is 19.3 Å². The van der Waals surface area contributed by atoms with Gasteiger partial charge in [-0.25, -0.2) is 8.42 Å². The Hall–Kier alpha value is -2.09. The van der Waals surface area contributed by atoms with Crippen LogP contribution in [0, 0.1) is 5.92 Å². The number of nitrogens with zero attached hydrogens (tertiary/aromatic N) is 1. The molecule has 1 aliphatic carbocycles. The first-order valence-electron chi connectivity index (χ1n) is 10.6. The highest BCUT2D eigenvalue weighted by atomic mass is 35.5. The summed E-state index contributed by atoms with van der Waals surface area (Å²) in [6.07, 6.45) is 4.05. The quantitative estimate of drug-likeness (QED) is 0.730. The molecule has 1 fully saturated rings. The van der Waals surface area contributed by atoms with Crippen LogP contribution in [0.4, 0.5) is 0 Å². The Labute approximate surface area is 188 Å². The van der Waals surface area contributed by atoms with Crippen molar-refractivity contribution in [1.29, 1.82) is 0 Å². The number of aryl methyl sites for hydroxylation is 1. The summed E-state index contributed by atoms with van der Waals surface area (Å²) in [7, 11) is -2.18. The Morgan fingerprint density at radius 1 is 1.13 bits per heavy atom. The highest BCUT2D eigenvalue weighted by Gasteiger charge is 2.33. The summed E-state index contributed by atoms with van der Waals surface area (Å²) < 4.78 is 32.5. The van der Waals surface area contributed by atoms with Gasteiger partial charge in [0.1, 0.15) is 5.75 Å². The van der Waals surface area contributed by atoms with Crippen LogP contribution < -0.4 is 10.1 Å². The largest absolute Gasteiger partial charge is 0.495 e. The minimum atomic E-state index is -3.66. The van der Waals surface area contributed by atoms with Crippen molar-refractivity contribution in [1.82, 2.24) is 9.62 Å². The van der Waals surface area contributed by atoms with Gasteiger partial charge in [0.05, 0.1) is 23.1 Å². The molecule has 8 heteroatoms. The number of methoxy groups -OCH3 is 1. The van der Waals surface area contributed by atoms with Gasteiger partial charge in [0.25, 0.3) is 0 Å². The van der Waals surface area contributed by atoms with E-state index in [2.05, 4.69) is 17.4 Å². The molecule has 0 saturated carbocycles. The van der Waals surface area contributed by atoms with Crippen LogP contribution in [0.1, 0.15) is 42.9 Å². The summed E-state index contributed by atoms with van der Waals surface area (Å²) >= 11 is 6.11. The first-order chi connectivity index (χ1) is 14.9.